The molecular weight excluding hydrogens is 375 g/mol. The van der Waals surface area contributed by atoms with Crippen molar-refractivity contribution in [2.75, 3.05) is 0 Å². The van der Waals surface area contributed by atoms with Gasteiger partial charge in [0.05, 0.1) is 4.47 Å². The van der Waals surface area contributed by atoms with E-state index in [0.29, 0.717) is 4.47 Å². The molecule has 4 heteroatoms. The van der Waals surface area contributed by atoms with Crippen LogP contribution in [0.25, 0.3) is 0 Å². The summed E-state index contributed by atoms with van der Waals surface area (Å²) in [7, 11) is 0. The Balaban J connectivity index is 2.48. The minimum atomic E-state index is -0.232. The molecule has 19 heavy (non-hydrogen) atoms. The van der Waals surface area contributed by atoms with E-state index in [-0.39, 0.29) is 17.5 Å². The zero-order valence-corrected chi connectivity index (χ0v) is 13.5. The van der Waals surface area contributed by atoms with Gasteiger partial charge in [0, 0.05) is 10.4 Å². The van der Waals surface area contributed by atoms with Gasteiger partial charge in [-0.2, -0.15) is 0 Å². The second-order valence-corrected chi connectivity index (χ2v) is 5.90. The van der Waals surface area contributed by atoms with Crippen LogP contribution in [0.1, 0.15) is 30.4 Å². The van der Waals surface area contributed by atoms with E-state index in [4.69, 9.17) is 0 Å². The summed E-state index contributed by atoms with van der Waals surface area (Å²) >= 11 is 6.86. The molecule has 0 aromatic heterocycles. The number of aromatic hydroxyl groups is 1. The summed E-state index contributed by atoms with van der Waals surface area (Å²) in [6, 6.07) is 10.1. The third-order valence-corrected chi connectivity index (χ3v) is 5.34. The summed E-state index contributed by atoms with van der Waals surface area (Å²) in [6.45, 7) is 2.08. The topological polar surface area (TPSA) is 20.2 Å². The van der Waals surface area contributed by atoms with Crippen LogP contribution in [0.5, 0.6) is 5.75 Å². The quantitative estimate of drug-likeness (QED) is 0.726. The normalized spacial score (nSPS) is 12.4. The van der Waals surface area contributed by atoms with E-state index in [0.717, 1.165) is 22.0 Å². The van der Waals surface area contributed by atoms with Crippen molar-refractivity contribution in [2.24, 2.45) is 0 Å². The van der Waals surface area contributed by atoms with Crippen LogP contribution in [0.4, 0.5) is 4.39 Å². The highest BCUT2D eigenvalue weighted by Crippen LogP contribution is 2.40. The molecule has 0 radical (unpaired) electrons. The van der Waals surface area contributed by atoms with Gasteiger partial charge in [0.2, 0.25) is 0 Å². The van der Waals surface area contributed by atoms with Gasteiger partial charge >= 0.3 is 0 Å². The SMILES string of the molecule is CCC(c1ccc(F)cc1)c1ccc(O)c(Br)c1Br. The van der Waals surface area contributed by atoms with Crippen LogP contribution in [-0.4, -0.2) is 5.11 Å². The lowest BCUT2D eigenvalue weighted by Gasteiger charge is -2.18. The maximum Gasteiger partial charge on any atom is 0.130 e. The number of halogens is 3. The average molecular weight is 388 g/mol. The first-order chi connectivity index (χ1) is 9.04. The lowest BCUT2D eigenvalue weighted by molar-refractivity contribution is 0.471. The maximum absolute atomic E-state index is 13.0. The Labute approximate surface area is 128 Å². The predicted octanol–water partition coefficient (Wildman–Crippen LogP) is 5.60. The van der Waals surface area contributed by atoms with E-state index < -0.39 is 0 Å². The van der Waals surface area contributed by atoms with E-state index in [2.05, 4.69) is 38.8 Å². The smallest absolute Gasteiger partial charge is 0.130 e. The lowest BCUT2D eigenvalue weighted by atomic mass is 9.89. The molecule has 1 N–H and O–H groups in total. The first-order valence-corrected chi connectivity index (χ1v) is 7.55. The second-order valence-electron chi connectivity index (χ2n) is 4.31. The summed E-state index contributed by atoms with van der Waals surface area (Å²) in [5.74, 6) is 0.126. The van der Waals surface area contributed by atoms with Crippen molar-refractivity contribution >= 4 is 31.9 Å². The number of phenolic OH excluding ortho intramolecular Hbond substituents is 1. The van der Waals surface area contributed by atoms with E-state index in [1.54, 1.807) is 18.2 Å². The van der Waals surface area contributed by atoms with Gasteiger partial charge in [-0.1, -0.05) is 25.1 Å². The molecule has 1 nitrogen and oxygen atoms in total. The van der Waals surface area contributed by atoms with Crippen LogP contribution in [0, 0.1) is 5.82 Å². The molecule has 0 aliphatic rings. The summed E-state index contributed by atoms with van der Waals surface area (Å²) < 4.78 is 14.5. The predicted molar refractivity (Wildman–Crippen MR) is 82.0 cm³/mol. The van der Waals surface area contributed by atoms with Crippen LogP contribution in [0.3, 0.4) is 0 Å². The highest BCUT2D eigenvalue weighted by molar-refractivity contribution is 9.13. The number of phenols is 1. The molecular formula is C15H13Br2FO. The zero-order valence-electron chi connectivity index (χ0n) is 10.3. The number of hydrogen-bond donors (Lipinski definition) is 1. The van der Waals surface area contributed by atoms with Crippen LogP contribution in [-0.2, 0) is 0 Å². The summed E-state index contributed by atoms with van der Waals surface area (Å²) in [5.41, 5.74) is 2.13. The summed E-state index contributed by atoms with van der Waals surface area (Å²) in [5, 5.41) is 9.66. The van der Waals surface area contributed by atoms with Crippen LogP contribution < -0.4 is 0 Å². The zero-order chi connectivity index (χ0) is 14.0. The van der Waals surface area contributed by atoms with Gasteiger partial charge in [-0.3, -0.25) is 0 Å². The molecule has 0 aliphatic heterocycles. The Kier molecular flexibility index (Phi) is 4.63. The van der Waals surface area contributed by atoms with Crippen molar-refractivity contribution in [3.8, 4) is 5.75 Å². The molecule has 0 heterocycles. The second kappa shape index (κ2) is 6.06. The molecule has 0 aliphatic carbocycles. The van der Waals surface area contributed by atoms with Gasteiger partial charge in [0.15, 0.2) is 0 Å². The van der Waals surface area contributed by atoms with Gasteiger partial charge in [-0.25, -0.2) is 4.39 Å². The maximum atomic E-state index is 13.0. The standard InChI is InChI=1S/C15H13Br2FO/c1-2-11(9-3-5-10(18)6-4-9)12-7-8-13(19)15(17)14(12)16/h3-8,11,19H,2H2,1H3. The molecule has 100 valence electrons. The molecule has 0 saturated carbocycles. The molecule has 2 aromatic carbocycles. The van der Waals surface area contributed by atoms with Gasteiger partial charge in [-0.15, -0.1) is 0 Å². The molecule has 0 fully saturated rings. The molecule has 0 saturated heterocycles. The number of hydrogen-bond acceptors (Lipinski definition) is 1. The monoisotopic (exact) mass is 386 g/mol. The highest BCUT2D eigenvalue weighted by Gasteiger charge is 2.18. The van der Waals surface area contributed by atoms with Crippen molar-refractivity contribution in [2.45, 2.75) is 19.3 Å². The first kappa shape index (κ1) is 14.5. The minimum Gasteiger partial charge on any atom is -0.507 e. The fourth-order valence-electron chi connectivity index (χ4n) is 2.15. The Bertz CT molecular complexity index is 581. The third kappa shape index (κ3) is 3.00. The number of rotatable bonds is 3. The Morgan fingerprint density at radius 1 is 1.05 bits per heavy atom. The van der Waals surface area contributed by atoms with Gasteiger partial charge in [0.25, 0.3) is 0 Å². The first-order valence-electron chi connectivity index (χ1n) is 5.97. The van der Waals surface area contributed by atoms with Crippen LogP contribution >= 0.6 is 31.9 Å². The van der Waals surface area contributed by atoms with Crippen LogP contribution in [0.2, 0.25) is 0 Å². The van der Waals surface area contributed by atoms with Gasteiger partial charge in [0.1, 0.15) is 11.6 Å². The molecule has 1 atom stereocenters. The summed E-state index contributed by atoms with van der Waals surface area (Å²) in [6.07, 6.45) is 0.890. The van der Waals surface area contributed by atoms with Crippen molar-refractivity contribution in [1.82, 2.24) is 0 Å². The average Bonchev–Trinajstić information content (AvgIpc) is 2.41. The van der Waals surface area contributed by atoms with Crippen molar-refractivity contribution in [3.05, 3.63) is 62.3 Å². The van der Waals surface area contributed by atoms with E-state index in [1.165, 1.54) is 12.1 Å². The van der Waals surface area contributed by atoms with Crippen molar-refractivity contribution < 1.29 is 9.50 Å². The molecule has 2 aromatic rings. The lowest BCUT2D eigenvalue weighted by Crippen LogP contribution is -2.01. The third-order valence-electron chi connectivity index (χ3n) is 3.15. The highest BCUT2D eigenvalue weighted by atomic mass is 79.9. The fraction of sp³-hybridized carbons (Fsp3) is 0.200. The van der Waals surface area contributed by atoms with E-state index in [9.17, 15) is 9.50 Å². The molecule has 0 amide bonds. The van der Waals surface area contributed by atoms with Crippen LogP contribution in [0.15, 0.2) is 45.3 Å². The number of benzene rings is 2. The largest absolute Gasteiger partial charge is 0.507 e. The van der Waals surface area contributed by atoms with Crippen molar-refractivity contribution in [1.29, 1.82) is 0 Å². The molecule has 0 spiro atoms. The molecule has 0 bridgehead atoms. The Morgan fingerprint density at radius 2 is 1.68 bits per heavy atom. The fourth-order valence-corrected chi connectivity index (χ4v) is 3.13. The Morgan fingerprint density at radius 3 is 2.26 bits per heavy atom. The van der Waals surface area contributed by atoms with E-state index >= 15 is 0 Å². The molecule has 2 rings (SSSR count). The van der Waals surface area contributed by atoms with Gasteiger partial charge in [-0.05, 0) is 67.6 Å². The van der Waals surface area contributed by atoms with Crippen molar-refractivity contribution in [3.63, 3.8) is 0 Å². The van der Waals surface area contributed by atoms with E-state index in [1.807, 2.05) is 6.07 Å². The van der Waals surface area contributed by atoms with Gasteiger partial charge < -0.3 is 5.11 Å². The Hall–Kier alpha value is -0.870. The summed E-state index contributed by atoms with van der Waals surface area (Å²) in [4.78, 5) is 0. The minimum absolute atomic E-state index is 0.159. The molecule has 1 unspecified atom stereocenters.